The maximum atomic E-state index is 16.8. The van der Waals surface area contributed by atoms with Gasteiger partial charge < -0.3 is 9.80 Å². The van der Waals surface area contributed by atoms with E-state index in [-0.39, 0.29) is 17.3 Å². The highest BCUT2D eigenvalue weighted by atomic mass is 19.2. The number of aryl methyl sites for hydroxylation is 2. The Kier molecular flexibility index (Phi) is 13.2. The third-order valence-corrected chi connectivity index (χ3v) is 17.6. The lowest BCUT2D eigenvalue weighted by atomic mass is 9.59. The van der Waals surface area contributed by atoms with Crippen LogP contribution in [0.3, 0.4) is 0 Å². The van der Waals surface area contributed by atoms with Gasteiger partial charge in [0.1, 0.15) is 11.6 Å². The van der Waals surface area contributed by atoms with Gasteiger partial charge in [0.25, 0.3) is 0 Å². The minimum absolute atomic E-state index is 0.0814. The minimum atomic E-state index is -1.39. The Morgan fingerprint density at radius 1 is 0.429 bits per heavy atom. The molecule has 84 heavy (non-hydrogen) atoms. The molecule has 0 aliphatic heterocycles. The van der Waals surface area contributed by atoms with E-state index < -0.39 is 57.1 Å². The van der Waals surface area contributed by atoms with Crippen LogP contribution >= 0.6 is 0 Å². The van der Waals surface area contributed by atoms with Crippen molar-refractivity contribution in [2.24, 2.45) is 5.92 Å². The number of nitrogens with zero attached hydrogens (tertiary/aromatic N) is 2. The maximum Gasteiger partial charge on any atom is 0.182 e. The first-order valence-electron chi connectivity index (χ1n) is 28.0. The van der Waals surface area contributed by atoms with Crippen molar-refractivity contribution in [1.29, 1.82) is 0 Å². The van der Waals surface area contributed by atoms with E-state index in [0.29, 0.717) is 23.5 Å². The number of benzene rings is 10. The molecule has 0 amide bonds. The van der Waals surface area contributed by atoms with Gasteiger partial charge in [-0.1, -0.05) is 182 Å². The van der Waals surface area contributed by atoms with Crippen LogP contribution in [0, 0.1) is 54.7 Å². The molecule has 8 heteroatoms. The fraction of sp³-hybridized carbons (Fsp3) is 0.105. The number of hydrogen-bond donors (Lipinski definition) is 0. The molecule has 3 unspecified atom stereocenters. The molecule has 3 aliphatic carbocycles. The van der Waals surface area contributed by atoms with Gasteiger partial charge in [-0.15, -0.1) is 0 Å². The standard InChI is InChI=1S/C76H56F6N2/c1-7-49-21-25-51(26-22-49)75(65-37-45(3)17-19-47(65)5)63-15-11-9-13-59(63)61-35-33-57(43-67(61)75)83(71-41-53(77)39-69(79)73(71)81)55-29-31-56(32-30-55)84(72-42-54(78)40-70(80)74(72)82)58-34-36-62-60-14-10-12-16-64(60)76(68(62)44-58,52-27-23-50(8-2)24-28-52)66-38-46(4)18-20-48(66)6/h7-37,39-44,66H,1-2,38H2,3-6H3. The van der Waals surface area contributed by atoms with E-state index in [9.17, 15) is 0 Å². The Hall–Kier alpha value is -9.66. The smallest absolute Gasteiger partial charge is 0.182 e. The fourth-order valence-electron chi connectivity index (χ4n) is 13.8. The van der Waals surface area contributed by atoms with Crippen LogP contribution in [0.5, 0.6) is 0 Å². The van der Waals surface area contributed by atoms with Crippen molar-refractivity contribution in [3.63, 3.8) is 0 Å². The third-order valence-electron chi connectivity index (χ3n) is 17.6. The largest absolute Gasteiger partial charge is 0.307 e. The van der Waals surface area contributed by atoms with E-state index in [1.807, 2.05) is 72.8 Å². The molecule has 0 spiro atoms. The van der Waals surface area contributed by atoms with Crippen molar-refractivity contribution in [1.82, 2.24) is 0 Å². The zero-order valence-corrected chi connectivity index (χ0v) is 46.7. The van der Waals surface area contributed by atoms with Crippen LogP contribution in [-0.4, -0.2) is 0 Å². The van der Waals surface area contributed by atoms with Crippen molar-refractivity contribution >= 4 is 46.3 Å². The molecule has 10 aromatic carbocycles. The van der Waals surface area contributed by atoms with Crippen molar-refractivity contribution in [2.75, 3.05) is 9.80 Å². The monoisotopic (exact) mass is 1110 g/mol. The first kappa shape index (κ1) is 53.6. The molecule has 0 bridgehead atoms. The van der Waals surface area contributed by atoms with Gasteiger partial charge >= 0.3 is 0 Å². The van der Waals surface area contributed by atoms with Gasteiger partial charge in [-0.3, -0.25) is 0 Å². The zero-order chi connectivity index (χ0) is 58.3. The van der Waals surface area contributed by atoms with Crippen LogP contribution in [0.2, 0.25) is 0 Å². The van der Waals surface area contributed by atoms with Gasteiger partial charge in [0.2, 0.25) is 0 Å². The van der Waals surface area contributed by atoms with E-state index >= 15 is 26.3 Å². The molecule has 0 radical (unpaired) electrons. The highest BCUT2D eigenvalue weighted by Crippen LogP contribution is 2.62. The molecule has 10 aromatic rings. The molecular formula is C76H56F6N2. The van der Waals surface area contributed by atoms with Crippen LogP contribution in [-0.2, 0) is 10.8 Å². The number of fused-ring (bicyclic) bond motifs is 6. The van der Waals surface area contributed by atoms with E-state index in [4.69, 9.17) is 0 Å². The van der Waals surface area contributed by atoms with E-state index in [2.05, 4.69) is 132 Å². The highest BCUT2D eigenvalue weighted by molar-refractivity contribution is 5.92. The molecule has 3 aliphatic rings. The SMILES string of the molecule is C=Cc1ccc(C2(c3cc(C)ccc3C)c3ccccc3-c3ccc(N(c4ccc(N(c5ccc6c(c5)C(c5ccc(C=C)cc5)(C5CC(C)=CC=C5C)c5ccccc5-6)c5cc(F)cc(F)c5F)cc4)c4cc(F)cc(F)c4F)cc32)cc1. The van der Waals surface area contributed by atoms with Gasteiger partial charge in [0, 0.05) is 52.9 Å². The number of halogens is 6. The zero-order valence-electron chi connectivity index (χ0n) is 46.7. The number of anilines is 6. The summed E-state index contributed by atoms with van der Waals surface area (Å²) in [5, 5.41) is 0. The summed E-state index contributed by atoms with van der Waals surface area (Å²) in [7, 11) is 0. The number of rotatable bonds is 12. The van der Waals surface area contributed by atoms with Gasteiger partial charge in [0.15, 0.2) is 23.3 Å². The normalized spacial score (nSPS) is 17.3. The van der Waals surface area contributed by atoms with Crippen molar-refractivity contribution < 1.29 is 26.3 Å². The molecule has 3 atom stereocenters. The molecule has 0 saturated heterocycles. The van der Waals surface area contributed by atoms with Gasteiger partial charge in [-0.25, -0.2) is 26.3 Å². The van der Waals surface area contributed by atoms with Crippen molar-refractivity contribution in [3.05, 3.63) is 333 Å². The summed E-state index contributed by atoms with van der Waals surface area (Å²) in [6.07, 6.45) is 8.65. The Morgan fingerprint density at radius 3 is 1.46 bits per heavy atom. The summed E-state index contributed by atoms with van der Waals surface area (Å²) in [5.74, 6) is -7.43. The summed E-state index contributed by atoms with van der Waals surface area (Å²) < 4.78 is 96.6. The lowest BCUT2D eigenvalue weighted by Gasteiger charge is -2.43. The first-order valence-corrected chi connectivity index (χ1v) is 28.0. The van der Waals surface area contributed by atoms with Crippen LogP contribution in [0.15, 0.2) is 237 Å². The average Bonchev–Trinajstić information content (AvgIpc) is 1.93. The maximum absolute atomic E-state index is 16.8. The Morgan fingerprint density at radius 2 is 0.905 bits per heavy atom. The second-order valence-electron chi connectivity index (χ2n) is 22.4. The summed E-state index contributed by atoms with van der Waals surface area (Å²) in [6.45, 7) is 16.4. The molecule has 0 fully saturated rings. The van der Waals surface area contributed by atoms with E-state index in [0.717, 1.165) is 108 Å². The van der Waals surface area contributed by atoms with Gasteiger partial charge in [-0.05, 0) is 161 Å². The predicted octanol–water partition coefficient (Wildman–Crippen LogP) is 21.0. The minimum Gasteiger partial charge on any atom is -0.307 e. The van der Waals surface area contributed by atoms with E-state index in [1.165, 1.54) is 15.4 Å². The molecule has 0 N–H and O–H groups in total. The molecule has 0 aromatic heterocycles. The summed E-state index contributed by atoms with van der Waals surface area (Å²) in [4.78, 5) is 2.94. The molecular weight excluding hydrogens is 1050 g/mol. The predicted molar refractivity (Wildman–Crippen MR) is 330 cm³/mol. The third kappa shape index (κ3) is 8.32. The summed E-state index contributed by atoms with van der Waals surface area (Å²) in [5.41, 5.74) is 15.9. The highest BCUT2D eigenvalue weighted by Gasteiger charge is 2.52. The Labute approximate surface area is 486 Å². The molecule has 13 rings (SSSR count). The fourth-order valence-corrected chi connectivity index (χ4v) is 13.8. The molecule has 0 heterocycles. The van der Waals surface area contributed by atoms with Crippen molar-refractivity contribution in [2.45, 2.75) is 44.9 Å². The topological polar surface area (TPSA) is 6.48 Å². The quantitative estimate of drug-likeness (QED) is 0.0889. The molecule has 2 nitrogen and oxygen atoms in total. The second kappa shape index (κ2) is 20.6. The van der Waals surface area contributed by atoms with Crippen LogP contribution in [0.4, 0.5) is 60.5 Å². The lowest BCUT2D eigenvalue weighted by Crippen LogP contribution is -2.38. The number of hydrogen-bond acceptors (Lipinski definition) is 2. The first-order chi connectivity index (χ1) is 40.6. The van der Waals surface area contributed by atoms with E-state index in [1.54, 1.807) is 36.4 Å². The molecule has 412 valence electrons. The van der Waals surface area contributed by atoms with Crippen LogP contribution in [0.1, 0.15) is 81.5 Å². The lowest BCUT2D eigenvalue weighted by molar-refractivity contribution is 0.426. The molecule has 0 saturated carbocycles. The number of allylic oxidation sites excluding steroid dienone is 4. The average molecular weight is 1110 g/mol. The van der Waals surface area contributed by atoms with Gasteiger partial charge in [0.05, 0.1) is 22.2 Å². The second-order valence-corrected chi connectivity index (χ2v) is 22.4. The summed E-state index contributed by atoms with van der Waals surface area (Å²) >= 11 is 0. The Balaban J connectivity index is 1.02. The Bertz CT molecular complexity index is 4400. The summed E-state index contributed by atoms with van der Waals surface area (Å²) in [6, 6.07) is 60.6. The van der Waals surface area contributed by atoms with Gasteiger partial charge in [-0.2, -0.15) is 0 Å². The van der Waals surface area contributed by atoms with Crippen molar-refractivity contribution in [3.8, 4) is 22.3 Å². The van der Waals surface area contributed by atoms with Crippen LogP contribution < -0.4 is 9.80 Å². The van der Waals surface area contributed by atoms with Crippen LogP contribution in [0.25, 0.3) is 34.4 Å².